The second kappa shape index (κ2) is 9.29. The molecule has 0 bridgehead atoms. The van der Waals surface area contributed by atoms with E-state index in [0.717, 1.165) is 24.3 Å². The molecule has 0 radical (unpaired) electrons. The highest BCUT2D eigenvalue weighted by Crippen LogP contribution is 2.29. The maximum atomic E-state index is 13.3. The van der Waals surface area contributed by atoms with Crippen molar-refractivity contribution in [3.8, 4) is 5.75 Å². The highest BCUT2D eigenvalue weighted by atomic mass is 32.2. The van der Waals surface area contributed by atoms with Crippen LogP contribution in [0, 0.1) is 5.92 Å². The number of hydrogen-bond donors (Lipinski definition) is 2. The predicted octanol–water partition coefficient (Wildman–Crippen LogP) is 2.32. The van der Waals surface area contributed by atoms with Crippen molar-refractivity contribution in [1.82, 2.24) is 9.62 Å². The number of nitrogens with two attached hydrogens (primary N) is 1. The number of amides is 1. The number of nitrogens with zero attached hydrogens (tertiary/aromatic N) is 1. The van der Waals surface area contributed by atoms with E-state index >= 15 is 0 Å². The molecule has 12 heteroatoms. The summed E-state index contributed by atoms with van der Waals surface area (Å²) >= 11 is 0. The summed E-state index contributed by atoms with van der Waals surface area (Å²) in [6.07, 6.45) is -3.57. The molecule has 3 rings (SSSR count). The fraction of sp³-hybridized carbons (Fsp3) is 0.632. The molecule has 1 unspecified atom stereocenters. The van der Waals surface area contributed by atoms with E-state index in [1.165, 1.54) is 4.90 Å². The molecule has 2 aliphatic rings. The van der Waals surface area contributed by atoms with Crippen LogP contribution in [0.25, 0.3) is 0 Å². The Morgan fingerprint density at radius 1 is 1.13 bits per heavy atom. The molecule has 1 amide bonds. The molecule has 2 fully saturated rings. The smallest absolute Gasteiger partial charge is 0.406 e. The number of likely N-dealkylation sites (tertiary alicyclic amines) is 1. The molecule has 3 N–H and O–H groups in total. The number of benzene rings is 1. The van der Waals surface area contributed by atoms with Gasteiger partial charge in [0.25, 0.3) is 0 Å². The predicted molar refractivity (Wildman–Crippen MR) is 103 cm³/mol. The summed E-state index contributed by atoms with van der Waals surface area (Å²) in [6, 6.07) is 2.82. The van der Waals surface area contributed by atoms with Gasteiger partial charge in [-0.25, -0.2) is 17.5 Å². The Kier molecular flexibility index (Phi) is 7.11. The molecule has 1 saturated heterocycles. The number of ether oxygens (including phenoxy) is 1. The van der Waals surface area contributed by atoms with Gasteiger partial charge in [-0.3, -0.25) is 4.79 Å². The Hall–Kier alpha value is -1.92. The molecule has 31 heavy (non-hydrogen) atoms. The highest BCUT2D eigenvalue weighted by Gasteiger charge is 2.36. The minimum Gasteiger partial charge on any atom is -0.406 e. The topological polar surface area (TPSA) is 102 Å². The zero-order valence-electron chi connectivity index (χ0n) is 16.6. The van der Waals surface area contributed by atoms with Crippen LogP contribution >= 0.6 is 0 Å². The normalized spacial score (nSPS) is 26.0. The maximum absolute atomic E-state index is 13.3. The van der Waals surface area contributed by atoms with Gasteiger partial charge in [0, 0.05) is 12.6 Å². The molecule has 7 nitrogen and oxygen atoms in total. The Labute approximate surface area is 178 Å². The van der Waals surface area contributed by atoms with E-state index in [9.17, 15) is 30.8 Å². The molecule has 1 aromatic rings. The van der Waals surface area contributed by atoms with E-state index in [1.54, 1.807) is 0 Å². The van der Waals surface area contributed by atoms with Crippen molar-refractivity contribution in [3.63, 3.8) is 0 Å². The van der Waals surface area contributed by atoms with Crippen molar-refractivity contribution in [2.45, 2.75) is 61.6 Å². The largest absolute Gasteiger partial charge is 0.573 e. The van der Waals surface area contributed by atoms with Crippen molar-refractivity contribution < 1.29 is 35.5 Å². The third kappa shape index (κ3) is 6.30. The minimum atomic E-state index is -4.86. The van der Waals surface area contributed by atoms with Crippen molar-refractivity contribution in [2.75, 3.05) is 13.1 Å². The number of rotatable bonds is 6. The molecule has 1 heterocycles. The van der Waals surface area contributed by atoms with Gasteiger partial charge >= 0.3 is 6.36 Å². The summed E-state index contributed by atoms with van der Waals surface area (Å²) < 4.78 is 81.4. The van der Waals surface area contributed by atoms with Crippen molar-refractivity contribution in [3.05, 3.63) is 24.3 Å². The number of carbonyl (C=O) groups excluding carboxylic acids is 1. The molecule has 2 atom stereocenters. The van der Waals surface area contributed by atoms with Crippen LogP contribution in [0.4, 0.5) is 17.6 Å². The van der Waals surface area contributed by atoms with Gasteiger partial charge in [0.05, 0.1) is 17.5 Å². The van der Waals surface area contributed by atoms with Crippen LogP contribution in [-0.4, -0.2) is 56.9 Å². The monoisotopic (exact) mass is 467 g/mol. The quantitative estimate of drug-likeness (QED) is 0.626. The van der Waals surface area contributed by atoms with E-state index in [0.29, 0.717) is 38.6 Å². The number of alkyl halides is 4. The lowest BCUT2D eigenvalue weighted by molar-refractivity contribution is -0.274. The minimum absolute atomic E-state index is 0.0640. The third-order valence-electron chi connectivity index (χ3n) is 5.70. The third-order valence-corrected chi connectivity index (χ3v) is 7.23. The number of sulfonamides is 1. The highest BCUT2D eigenvalue weighted by molar-refractivity contribution is 7.89. The van der Waals surface area contributed by atoms with E-state index in [1.807, 2.05) is 0 Å². The summed E-state index contributed by atoms with van der Waals surface area (Å²) in [5.74, 6) is -0.904. The van der Waals surface area contributed by atoms with Crippen LogP contribution in [0.3, 0.4) is 0 Å². The number of nitrogens with one attached hydrogen (secondary N) is 1. The Morgan fingerprint density at radius 2 is 1.74 bits per heavy atom. The van der Waals surface area contributed by atoms with Gasteiger partial charge in [0.1, 0.15) is 11.9 Å². The van der Waals surface area contributed by atoms with Gasteiger partial charge < -0.3 is 15.4 Å². The Bertz CT molecular complexity index is 871. The summed E-state index contributed by atoms with van der Waals surface area (Å²) in [5.41, 5.74) is 6.09. The van der Waals surface area contributed by atoms with Crippen LogP contribution in [0.15, 0.2) is 29.2 Å². The maximum Gasteiger partial charge on any atom is 0.573 e. The first kappa shape index (κ1) is 23.7. The van der Waals surface area contributed by atoms with Crippen molar-refractivity contribution >= 4 is 15.9 Å². The lowest BCUT2D eigenvalue weighted by Crippen LogP contribution is -2.49. The van der Waals surface area contributed by atoms with E-state index < -0.39 is 34.3 Å². The zero-order chi connectivity index (χ0) is 22.8. The summed E-state index contributed by atoms with van der Waals surface area (Å²) in [6.45, 7) is 0.421. The van der Waals surface area contributed by atoms with Gasteiger partial charge in [-0.1, -0.05) is 0 Å². The van der Waals surface area contributed by atoms with Crippen molar-refractivity contribution in [2.24, 2.45) is 11.7 Å². The van der Waals surface area contributed by atoms with Crippen LogP contribution in [0.2, 0.25) is 0 Å². The van der Waals surface area contributed by atoms with Crippen LogP contribution in [-0.2, 0) is 14.8 Å². The first-order valence-electron chi connectivity index (χ1n) is 10.0. The molecule has 1 aliphatic heterocycles. The standard InChI is InChI=1S/C19H25F4N3O4S/c20-13-9-10-26(11-13)18(27)17(24)12-1-3-14(4-2-12)25-31(28,29)16-7-5-15(6-8-16)30-19(21,22)23/h5-8,12-14,17,25H,1-4,9-11,24H2/t12?,13?,14?,17-/m0/s1. The second-order valence-corrected chi connectivity index (χ2v) is 9.66. The molecule has 1 aromatic carbocycles. The second-order valence-electron chi connectivity index (χ2n) is 7.95. The van der Waals surface area contributed by atoms with Crippen LogP contribution in [0.5, 0.6) is 5.75 Å². The van der Waals surface area contributed by atoms with Crippen LogP contribution < -0.4 is 15.2 Å². The molecule has 0 aromatic heterocycles. The average Bonchev–Trinajstić information content (AvgIpc) is 3.12. The average molecular weight is 467 g/mol. The number of halogens is 4. The summed E-state index contributed by atoms with van der Waals surface area (Å²) in [5, 5.41) is 0. The fourth-order valence-electron chi connectivity index (χ4n) is 4.03. The van der Waals surface area contributed by atoms with Crippen LogP contribution in [0.1, 0.15) is 32.1 Å². The molecular formula is C19H25F4N3O4S. The molecule has 174 valence electrons. The number of hydrogen-bond acceptors (Lipinski definition) is 5. The first-order chi connectivity index (χ1) is 14.4. The van der Waals surface area contributed by atoms with Gasteiger partial charge in [0.15, 0.2) is 0 Å². The van der Waals surface area contributed by atoms with Crippen molar-refractivity contribution in [1.29, 1.82) is 0 Å². The van der Waals surface area contributed by atoms with Gasteiger partial charge in [-0.05, 0) is 62.3 Å². The van der Waals surface area contributed by atoms with E-state index in [2.05, 4.69) is 9.46 Å². The molecule has 0 spiro atoms. The first-order valence-corrected chi connectivity index (χ1v) is 11.5. The molecule has 1 aliphatic carbocycles. The van der Waals surface area contributed by atoms with E-state index in [-0.39, 0.29) is 29.3 Å². The van der Waals surface area contributed by atoms with Gasteiger partial charge in [-0.15, -0.1) is 13.2 Å². The zero-order valence-corrected chi connectivity index (χ0v) is 17.5. The summed E-state index contributed by atoms with van der Waals surface area (Å²) in [7, 11) is -3.93. The fourth-order valence-corrected chi connectivity index (χ4v) is 5.34. The Morgan fingerprint density at radius 3 is 2.26 bits per heavy atom. The lowest BCUT2D eigenvalue weighted by Gasteiger charge is -2.33. The summed E-state index contributed by atoms with van der Waals surface area (Å²) in [4.78, 5) is 13.7. The SMILES string of the molecule is N[C@H](C(=O)N1CCC(F)C1)C1CCC(NS(=O)(=O)c2ccc(OC(F)(F)F)cc2)CC1. The molecule has 1 saturated carbocycles. The van der Waals surface area contributed by atoms with Gasteiger partial charge in [-0.2, -0.15) is 0 Å². The van der Waals surface area contributed by atoms with Gasteiger partial charge in [0.2, 0.25) is 15.9 Å². The lowest BCUT2D eigenvalue weighted by atomic mass is 9.81. The number of carbonyl (C=O) groups is 1. The van der Waals surface area contributed by atoms with E-state index in [4.69, 9.17) is 5.73 Å². The Balaban J connectivity index is 1.52. The molecular weight excluding hydrogens is 442 g/mol.